The second-order valence-electron chi connectivity index (χ2n) is 14.5. The Morgan fingerprint density at radius 2 is 0.911 bits per heavy atom. The number of H-pyrrole nitrogens is 1. The van der Waals surface area contributed by atoms with Gasteiger partial charge in [0.25, 0.3) is 0 Å². The van der Waals surface area contributed by atoms with Gasteiger partial charge in [-0.25, -0.2) is 9.97 Å². The average molecular weight is 584 g/mol. The van der Waals surface area contributed by atoms with Crippen molar-refractivity contribution in [1.82, 2.24) is 15.0 Å². The highest BCUT2D eigenvalue weighted by atomic mass is 14.8. The van der Waals surface area contributed by atoms with Crippen molar-refractivity contribution in [3.63, 3.8) is 0 Å². The third-order valence-corrected chi connectivity index (χ3v) is 9.24. The molecular formula is C42H37N3. The Hall–Kier alpha value is -5.02. The lowest BCUT2D eigenvalue weighted by molar-refractivity contribution is 0.589. The zero-order valence-corrected chi connectivity index (χ0v) is 26.8. The van der Waals surface area contributed by atoms with Crippen molar-refractivity contribution in [2.75, 3.05) is 0 Å². The van der Waals surface area contributed by atoms with E-state index >= 15 is 0 Å². The molecule has 4 heterocycles. The molecule has 0 fully saturated rings. The van der Waals surface area contributed by atoms with E-state index in [9.17, 15) is 0 Å². The molecule has 8 bridgehead atoms. The Bertz CT molecular complexity index is 2270. The highest BCUT2D eigenvalue weighted by Gasteiger charge is 2.23. The minimum atomic E-state index is -0.0592. The topological polar surface area (TPSA) is 41.6 Å². The zero-order chi connectivity index (χ0) is 31.1. The van der Waals surface area contributed by atoms with Crippen molar-refractivity contribution in [2.45, 2.75) is 52.4 Å². The number of para-hydroxylation sites is 2. The van der Waals surface area contributed by atoms with Crippen LogP contribution in [-0.2, 0) is 10.8 Å². The van der Waals surface area contributed by atoms with Gasteiger partial charge in [0.1, 0.15) is 0 Å². The van der Waals surface area contributed by atoms with Crippen LogP contribution in [0.2, 0.25) is 0 Å². The van der Waals surface area contributed by atoms with E-state index in [1.165, 1.54) is 27.5 Å². The van der Waals surface area contributed by atoms with Crippen molar-refractivity contribution in [3.8, 4) is 56.2 Å². The first kappa shape index (κ1) is 27.5. The van der Waals surface area contributed by atoms with Gasteiger partial charge in [-0.15, -0.1) is 0 Å². The molecule has 3 heteroatoms. The van der Waals surface area contributed by atoms with Crippen LogP contribution in [0.4, 0.5) is 0 Å². The molecule has 1 aliphatic rings. The molecule has 4 aromatic carbocycles. The van der Waals surface area contributed by atoms with Gasteiger partial charge in [0.15, 0.2) is 0 Å². The average Bonchev–Trinajstić information content (AvgIpc) is 3.42. The summed E-state index contributed by atoms with van der Waals surface area (Å²) in [7, 11) is 0. The van der Waals surface area contributed by atoms with Gasteiger partial charge in [-0.3, -0.25) is 0 Å². The zero-order valence-electron chi connectivity index (χ0n) is 26.8. The fraction of sp³-hybridized carbons (Fsp3) is 0.190. The maximum absolute atomic E-state index is 5.41. The molecule has 0 saturated heterocycles. The Morgan fingerprint density at radius 3 is 1.49 bits per heavy atom. The minimum absolute atomic E-state index is 0.0513. The number of benzene rings is 4. The van der Waals surface area contributed by atoms with E-state index in [1.54, 1.807) is 0 Å². The quantitative estimate of drug-likeness (QED) is 0.209. The number of nitrogens with one attached hydrogen (secondary N) is 1. The first-order valence-corrected chi connectivity index (χ1v) is 15.8. The Kier molecular flexibility index (Phi) is 5.96. The van der Waals surface area contributed by atoms with Crippen molar-refractivity contribution in [3.05, 3.63) is 120 Å². The van der Waals surface area contributed by atoms with Crippen LogP contribution in [-0.4, -0.2) is 15.0 Å². The summed E-state index contributed by atoms with van der Waals surface area (Å²) in [5.41, 5.74) is 15.2. The number of aromatic amines is 1. The van der Waals surface area contributed by atoms with Crippen LogP contribution >= 0.6 is 0 Å². The lowest BCUT2D eigenvalue weighted by Gasteiger charge is -2.24. The number of aromatic nitrogens is 3. The van der Waals surface area contributed by atoms with E-state index in [0.717, 1.165) is 61.6 Å². The molecule has 0 aliphatic carbocycles. The standard InChI is InChI=1S/C42H37N3/c1-41(2,3)29-19-27-18-28(20-29)36-23-30(42(4,5)6)24-38(44-36)34-17-11-15-32-31-14-10-16-33(39(31)45-40(32)34)37-22-26(21-35(27)43-37)25-12-8-7-9-13-25/h7-24,45H,1-6H3. The number of rotatable bonds is 1. The van der Waals surface area contributed by atoms with Gasteiger partial charge in [-0.05, 0) is 75.5 Å². The molecule has 3 aromatic heterocycles. The van der Waals surface area contributed by atoms with Crippen LogP contribution < -0.4 is 0 Å². The summed E-state index contributed by atoms with van der Waals surface area (Å²) in [5.74, 6) is 0. The molecule has 1 aliphatic heterocycles. The molecule has 0 atom stereocenters. The van der Waals surface area contributed by atoms with Crippen LogP contribution in [0.3, 0.4) is 0 Å². The van der Waals surface area contributed by atoms with E-state index in [1.807, 2.05) is 0 Å². The molecule has 0 radical (unpaired) electrons. The second-order valence-corrected chi connectivity index (χ2v) is 14.5. The van der Waals surface area contributed by atoms with E-state index in [4.69, 9.17) is 9.97 Å². The van der Waals surface area contributed by atoms with Gasteiger partial charge in [0, 0.05) is 33.0 Å². The van der Waals surface area contributed by atoms with E-state index in [-0.39, 0.29) is 10.8 Å². The molecule has 0 saturated carbocycles. The predicted octanol–water partition coefficient (Wildman–Crippen LogP) is 11.4. The van der Waals surface area contributed by atoms with Crippen molar-refractivity contribution < 1.29 is 0 Å². The fourth-order valence-corrected chi connectivity index (χ4v) is 6.59. The van der Waals surface area contributed by atoms with Gasteiger partial charge < -0.3 is 4.98 Å². The lowest BCUT2D eigenvalue weighted by atomic mass is 9.83. The Labute approximate surface area is 265 Å². The van der Waals surface area contributed by atoms with Crippen molar-refractivity contribution in [2.24, 2.45) is 0 Å². The van der Waals surface area contributed by atoms with Gasteiger partial charge >= 0.3 is 0 Å². The Morgan fingerprint density at radius 1 is 0.422 bits per heavy atom. The molecule has 0 spiro atoms. The number of hydrogen-bond acceptors (Lipinski definition) is 2. The molecule has 8 rings (SSSR count). The largest absolute Gasteiger partial charge is 0.353 e. The van der Waals surface area contributed by atoms with Crippen LogP contribution in [0.15, 0.2) is 109 Å². The van der Waals surface area contributed by atoms with Gasteiger partial charge in [0.05, 0.1) is 33.8 Å². The van der Waals surface area contributed by atoms with E-state index < -0.39 is 0 Å². The van der Waals surface area contributed by atoms with Gasteiger partial charge in [-0.1, -0.05) is 108 Å². The van der Waals surface area contributed by atoms with Crippen LogP contribution in [0.1, 0.15) is 52.7 Å². The molecule has 3 nitrogen and oxygen atoms in total. The monoisotopic (exact) mass is 583 g/mol. The molecule has 0 unspecified atom stereocenters. The normalized spacial score (nSPS) is 12.7. The number of pyridine rings is 2. The summed E-state index contributed by atoms with van der Waals surface area (Å²) in [5, 5.41) is 2.38. The summed E-state index contributed by atoms with van der Waals surface area (Å²) < 4.78 is 0. The Balaban J connectivity index is 1.56. The summed E-state index contributed by atoms with van der Waals surface area (Å²) in [6.45, 7) is 13.7. The fourth-order valence-electron chi connectivity index (χ4n) is 6.59. The molecule has 1 N–H and O–H groups in total. The number of nitrogens with zero attached hydrogens (tertiary/aromatic N) is 2. The highest BCUT2D eigenvalue weighted by Crippen LogP contribution is 2.41. The molecule has 0 amide bonds. The molecular weight excluding hydrogens is 546 g/mol. The first-order chi connectivity index (χ1) is 21.5. The SMILES string of the molecule is CC(C)(C)c1cc2cc(c1)-c1cc(C(C)(C)C)cc(n1)-c1cccc3c1[nH]c1c(cccc13)-c1cc(-c3ccccc3)cc-2n1. The van der Waals surface area contributed by atoms with E-state index in [2.05, 4.69) is 156 Å². The number of hydrogen-bond donors (Lipinski definition) is 1. The van der Waals surface area contributed by atoms with Gasteiger partial charge in [0.2, 0.25) is 0 Å². The van der Waals surface area contributed by atoms with Crippen LogP contribution in [0.5, 0.6) is 0 Å². The molecule has 7 aromatic rings. The second kappa shape index (κ2) is 9.74. The summed E-state index contributed by atoms with van der Waals surface area (Å²) >= 11 is 0. The summed E-state index contributed by atoms with van der Waals surface area (Å²) in [6.07, 6.45) is 0. The van der Waals surface area contributed by atoms with Crippen LogP contribution in [0.25, 0.3) is 78.0 Å². The van der Waals surface area contributed by atoms with Crippen molar-refractivity contribution in [1.29, 1.82) is 0 Å². The number of fused-ring (bicyclic) bond motifs is 11. The van der Waals surface area contributed by atoms with Crippen LogP contribution in [0, 0.1) is 0 Å². The van der Waals surface area contributed by atoms with E-state index in [0.29, 0.717) is 0 Å². The highest BCUT2D eigenvalue weighted by molar-refractivity contribution is 6.15. The minimum Gasteiger partial charge on any atom is -0.353 e. The lowest BCUT2D eigenvalue weighted by Crippen LogP contribution is -2.13. The first-order valence-electron chi connectivity index (χ1n) is 15.8. The maximum atomic E-state index is 5.41. The third kappa shape index (κ3) is 4.66. The maximum Gasteiger partial charge on any atom is 0.0736 e. The molecule has 220 valence electrons. The van der Waals surface area contributed by atoms with Crippen molar-refractivity contribution >= 4 is 21.8 Å². The summed E-state index contributed by atoms with van der Waals surface area (Å²) in [4.78, 5) is 14.7. The summed E-state index contributed by atoms with van der Waals surface area (Å²) in [6, 6.07) is 39.7. The predicted molar refractivity (Wildman–Crippen MR) is 190 cm³/mol. The smallest absolute Gasteiger partial charge is 0.0736 e. The third-order valence-electron chi connectivity index (χ3n) is 9.24. The molecule has 45 heavy (non-hydrogen) atoms. The van der Waals surface area contributed by atoms with Gasteiger partial charge in [-0.2, -0.15) is 0 Å².